The molecule has 17 heavy (non-hydrogen) atoms. The van der Waals surface area contributed by atoms with E-state index < -0.39 is 0 Å². The lowest BCUT2D eigenvalue weighted by molar-refractivity contribution is 0.217. The predicted molar refractivity (Wildman–Crippen MR) is 68.3 cm³/mol. The summed E-state index contributed by atoms with van der Waals surface area (Å²) in [5, 5.41) is 0. The molecule has 1 atom stereocenters. The van der Waals surface area contributed by atoms with Gasteiger partial charge < -0.3 is 9.72 Å². The number of hydrogen-bond donors (Lipinski definition) is 1. The Hall–Kier alpha value is -1.77. The van der Waals surface area contributed by atoms with Gasteiger partial charge in [-0.3, -0.25) is 0 Å². The second-order valence-corrected chi connectivity index (χ2v) is 4.40. The maximum absolute atomic E-state index is 5.86. The molecule has 2 rings (SSSR count). The van der Waals surface area contributed by atoms with Crippen molar-refractivity contribution in [1.29, 1.82) is 0 Å². The number of H-pyrrole nitrogens is 1. The normalized spacial score (nSPS) is 12.5. The quantitative estimate of drug-likeness (QED) is 0.876. The number of hydrogen-bond acceptors (Lipinski definition) is 2. The Morgan fingerprint density at radius 2 is 1.82 bits per heavy atom. The van der Waals surface area contributed by atoms with Gasteiger partial charge in [0.25, 0.3) is 0 Å². The molecule has 0 aliphatic heterocycles. The molecule has 3 heteroatoms. The molecule has 0 amide bonds. The van der Waals surface area contributed by atoms with E-state index in [0.29, 0.717) is 0 Å². The average Bonchev–Trinajstić information content (AvgIpc) is 2.63. The summed E-state index contributed by atoms with van der Waals surface area (Å²) in [6, 6.07) is 6.29. The summed E-state index contributed by atoms with van der Waals surface area (Å²) in [4.78, 5) is 7.21. The van der Waals surface area contributed by atoms with E-state index in [2.05, 4.69) is 48.9 Å². The van der Waals surface area contributed by atoms with Gasteiger partial charge in [-0.15, -0.1) is 0 Å². The monoisotopic (exact) mass is 230 g/mol. The molecule has 1 unspecified atom stereocenters. The molecule has 0 radical (unpaired) electrons. The summed E-state index contributed by atoms with van der Waals surface area (Å²) in [6.07, 6.45) is 1.75. The van der Waals surface area contributed by atoms with Gasteiger partial charge in [-0.1, -0.05) is 18.2 Å². The minimum absolute atomic E-state index is 0.0241. The Balaban J connectivity index is 2.22. The van der Waals surface area contributed by atoms with Crippen LogP contribution in [-0.4, -0.2) is 9.97 Å². The van der Waals surface area contributed by atoms with Crippen LogP contribution in [0.15, 0.2) is 24.4 Å². The van der Waals surface area contributed by atoms with Crippen molar-refractivity contribution in [2.45, 2.75) is 33.8 Å². The lowest BCUT2D eigenvalue weighted by Crippen LogP contribution is -2.07. The molecule has 0 saturated heterocycles. The van der Waals surface area contributed by atoms with Crippen LogP contribution in [0, 0.1) is 20.8 Å². The highest BCUT2D eigenvalue weighted by atomic mass is 16.5. The number of imidazole rings is 1. The molecule has 3 nitrogen and oxygen atoms in total. The maximum atomic E-state index is 5.86. The minimum atomic E-state index is 0.0241. The second-order valence-electron chi connectivity index (χ2n) is 4.40. The Morgan fingerprint density at radius 1 is 1.18 bits per heavy atom. The molecular formula is C14H18N2O. The SMILES string of the molecule is Cc1ncc(OC(C)c2c(C)cccc2C)[nH]1. The molecule has 1 aromatic carbocycles. The lowest BCUT2D eigenvalue weighted by Gasteiger charge is -2.18. The van der Waals surface area contributed by atoms with Crippen LogP contribution in [0.25, 0.3) is 0 Å². The van der Waals surface area contributed by atoms with Gasteiger partial charge >= 0.3 is 0 Å². The van der Waals surface area contributed by atoms with E-state index in [4.69, 9.17) is 4.74 Å². The predicted octanol–water partition coefficient (Wildman–Crippen LogP) is 3.47. The smallest absolute Gasteiger partial charge is 0.211 e. The van der Waals surface area contributed by atoms with E-state index in [1.54, 1.807) is 6.20 Å². The van der Waals surface area contributed by atoms with Gasteiger partial charge in [-0.2, -0.15) is 0 Å². The zero-order valence-electron chi connectivity index (χ0n) is 10.7. The highest BCUT2D eigenvalue weighted by Gasteiger charge is 2.13. The third-order valence-corrected chi connectivity index (χ3v) is 2.93. The van der Waals surface area contributed by atoms with Crippen molar-refractivity contribution in [2.24, 2.45) is 0 Å². The largest absolute Gasteiger partial charge is 0.470 e. The van der Waals surface area contributed by atoms with Crippen LogP contribution < -0.4 is 4.74 Å². The first kappa shape index (κ1) is 11.7. The first-order valence-electron chi connectivity index (χ1n) is 5.82. The molecule has 1 N–H and O–H groups in total. The number of ether oxygens (including phenoxy) is 1. The standard InChI is InChI=1S/C14H18N2O/c1-9-6-5-7-10(2)14(9)11(3)17-13-8-15-12(4)16-13/h5-8,11H,1-4H3,(H,15,16). The topological polar surface area (TPSA) is 37.9 Å². The third-order valence-electron chi connectivity index (χ3n) is 2.93. The summed E-state index contributed by atoms with van der Waals surface area (Å²) < 4.78 is 5.86. The van der Waals surface area contributed by atoms with Crippen molar-refractivity contribution in [3.63, 3.8) is 0 Å². The van der Waals surface area contributed by atoms with Gasteiger partial charge in [0.2, 0.25) is 5.88 Å². The van der Waals surface area contributed by atoms with Gasteiger partial charge in [0.15, 0.2) is 0 Å². The van der Waals surface area contributed by atoms with Gasteiger partial charge in [-0.25, -0.2) is 4.98 Å². The molecule has 1 aromatic heterocycles. The number of nitrogens with one attached hydrogen (secondary N) is 1. The molecule has 0 fully saturated rings. The molecule has 2 aromatic rings. The summed E-state index contributed by atoms with van der Waals surface area (Å²) >= 11 is 0. The van der Waals surface area contributed by atoms with Crippen molar-refractivity contribution in [3.05, 3.63) is 46.9 Å². The van der Waals surface area contributed by atoms with Crippen LogP contribution in [0.2, 0.25) is 0 Å². The number of aryl methyl sites for hydroxylation is 3. The third kappa shape index (κ3) is 2.49. The van der Waals surface area contributed by atoms with Crippen molar-refractivity contribution in [1.82, 2.24) is 9.97 Å². The average molecular weight is 230 g/mol. The van der Waals surface area contributed by atoms with Crippen molar-refractivity contribution in [3.8, 4) is 5.88 Å². The number of benzene rings is 1. The Morgan fingerprint density at radius 3 is 2.35 bits per heavy atom. The molecule has 90 valence electrons. The van der Waals surface area contributed by atoms with Crippen molar-refractivity contribution >= 4 is 0 Å². The van der Waals surface area contributed by atoms with E-state index in [1.807, 2.05) is 6.92 Å². The minimum Gasteiger partial charge on any atom is -0.470 e. The molecule has 0 aliphatic rings. The summed E-state index contributed by atoms with van der Waals surface area (Å²) in [5.41, 5.74) is 3.77. The Bertz CT molecular complexity index is 496. The van der Waals surface area contributed by atoms with Crippen LogP contribution >= 0.6 is 0 Å². The van der Waals surface area contributed by atoms with Crippen LogP contribution in [0.4, 0.5) is 0 Å². The summed E-state index contributed by atoms with van der Waals surface area (Å²) in [6.45, 7) is 8.20. The van der Waals surface area contributed by atoms with Crippen LogP contribution in [-0.2, 0) is 0 Å². The molecule has 1 heterocycles. The van der Waals surface area contributed by atoms with Gasteiger partial charge in [-0.05, 0) is 44.4 Å². The van der Waals surface area contributed by atoms with Crippen molar-refractivity contribution < 1.29 is 4.74 Å². The highest BCUT2D eigenvalue weighted by Crippen LogP contribution is 2.25. The van der Waals surface area contributed by atoms with E-state index in [-0.39, 0.29) is 6.10 Å². The summed E-state index contributed by atoms with van der Waals surface area (Å²) in [7, 11) is 0. The van der Waals surface area contributed by atoms with E-state index in [9.17, 15) is 0 Å². The van der Waals surface area contributed by atoms with Gasteiger partial charge in [0.05, 0.1) is 6.20 Å². The van der Waals surface area contributed by atoms with E-state index >= 15 is 0 Å². The fourth-order valence-electron chi connectivity index (χ4n) is 2.18. The first-order valence-corrected chi connectivity index (χ1v) is 5.82. The fourth-order valence-corrected chi connectivity index (χ4v) is 2.18. The van der Waals surface area contributed by atoms with Crippen LogP contribution in [0.5, 0.6) is 5.88 Å². The number of nitrogens with zero attached hydrogens (tertiary/aromatic N) is 1. The molecule has 0 bridgehead atoms. The fraction of sp³-hybridized carbons (Fsp3) is 0.357. The van der Waals surface area contributed by atoms with E-state index in [1.165, 1.54) is 16.7 Å². The second kappa shape index (κ2) is 4.62. The highest BCUT2D eigenvalue weighted by molar-refractivity contribution is 5.35. The number of aromatic nitrogens is 2. The lowest BCUT2D eigenvalue weighted by atomic mass is 9.99. The number of aromatic amines is 1. The molecule has 0 aliphatic carbocycles. The van der Waals surface area contributed by atoms with Gasteiger partial charge in [0, 0.05) is 0 Å². The molecular weight excluding hydrogens is 212 g/mol. The number of rotatable bonds is 3. The Labute approximate surface area is 102 Å². The van der Waals surface area contributed by atoms with Gasteiger partial charge in [0.1, 0.15) is 11.9 Å². The molecule has 0 saturated carbocycles. The first-order chi connectivity index (χ1) is 8.08. The zero-order valence-corrected chi connectivity index (χ0v) is 10.7. The Kier molecular flexibility index (Phi) is 3.18. The van der Waals surface area contributed by atoms with E-state index in [0.717, 1.165) is 11.7 Å². The maximum Gasteiger partial charge on any atom is 0.211 e. The van der Waals surface area contributed by atoms with Crippen LogP contribution in [0.1, 0.15) is 35.5 Å². The zero-order chi connectivity index (χ0) is 12.4. The van der Waals surface area contributed by atoms with Crippen LogP contribution in [0.3, 0.4) is 0 Å². The summed E-state index contributed by atoms with van der Waals surface area (Å²) in [5.74, 6) is 1.59. The van der Waals surface area contributed by atoms with Crippen molar-refractivity contribution in [2.75, 3.05) is 0 Å². The molecule has 0 spiro atoms.